The Bertz CT molecular complexity index is 357. The van der Waals surface area contributed by atoms with Gasteiger partial charge in [0, 0.05) is 11.4 Å². The zero-order valence-corrected chi connectivity index (χ0v) is 9.37. The number of aromatic nitrogens is 2. The molecule has 0 saturated heterocycles. The molecule has 0 bridgehead atoms. The SMILES string of the molecule is COC(=O)c1nc(C)cc(SCCO)n1. The van der Waals surface area contributed by atoms with E-state index < -0.39 is 5.97 Å². The molecule has 1 N–H and O–H groups in total. The smallest absolute Gasteiger partial charge is 0.376 e. The summed E-state index contributed by atoms with van der Waals surface area (Å²) >= 11 is 1.37. The highest BCUT2D eigenvalue weighted by Crippen LogP contribution is 2.15. The highest BCUT2D eigenvalue weighted by atomic mass is 32.2. The monoisotopic (exact) mass is 228 g/mol. The molecule has 0 fully saturated rings. The number of rotatable bonds is 4. The van der Waals surface area contributed by atoms with Crippen molar-refractivity contribution in [2.75, 3.05) is 19.5 Å². The molecule has 5 nitrogen and oxygen atoms in total. The Morgan fingerprint density at radius 3 is 2.93 bits per heavy atom. The predicted molar refractivity (Wildman–Crippen MR) is 55.9 cm³/mol. The average Bonchev–Trinajstić information content (AvgIpc) is 2.24. The summed E-state index contributed by atoms with van der Waals surface area (Å²) in [5, 5.41) is 9.33. The van der Waals surface area contributed by atoms with E-state index in [4.69, 9.17) is 5.11 Å². The van der Waals surface area contributed by atoms with Crippen LogP contribution in [0.3, 0.4) is 0 Å². The van der Waals surface area contributed by atoms with Gasteiger partial charge in [-0.2, -0.15) is 0 Å². The number of ether oxygens (including phenoxy) is 1. The molecule has 0 unspecified atom stereocenters. The molecule has 1 aromatic rings. The molecule has 0 amide bonds. The summed E-state index contributed by atoms with van der Waals surface area (Å²) in [6, 6.07) is 1.76. The van der Waals surface area contributed by atoms with Gasteiger partial charge in [0.2, 0.25) is 5.82 Å². The van der Waals surface area contributed by atoms with Crippen LogP contribution in [0.2, 0.25) is 0 Å². The van der Waals surface area contributed by atoms with Gasteiger partial charge in [-0.25, -0.2) is 14.8 Å². The Kier molecular flexibility index (Phi) is 4.51. The lowest BCUT2D eigenvalue weighted by Crippen LogP contribution is -2.09. The third-order valence-electron chi connectivity index (χ3n) is 1.54. The van der Waals surface area contributed by atoms with Crippen molar-refractivity contribution in [3.05, 3.63) is 17.6 Å². The largest absolute Gasteiger partial charge is 0.463 e. The van der Waals surface area contributed by atoms with Gasteiger partial charge in [0.1, 0.15) is 5.03 Å². The molecule has 1 heterocycles. The number of carbonyl (C=O) groups excluding carboxylic acids is 1. The van der Waals surface area contributed by atoms with Crippen LogP contribution >= 0.6 is 11.8 Å². The van der Waals surface area contributed by atoms with Crippen LogP contribution in [-0.4, -0.2) is 40.5 Å². The second kappa shape index (κ2) is 5.67. The lowest BCUT2D eigenvalue weighted by Gasteiger charge is -2.03. The Morgan fingerprint density at radius 2 is 2.33 bits per heavy atom. The molecule has 82 valence electrons. The number of hydrogen-bond donors (Lipinski definition) is 1. The number of aliphatic hydroxyl groups excluding tert-OH is 1. The number of thioether (sulfide) groups is 1. The van der Waals surface area contributed by atoms with Crippen molar-refractivity contribution in [3.63, 3.8) is 0 Å². The second-order valence-electron chi connectivity index (χ2n) is 2.73. The number of esters is 1. The minimum Gasteiger partial charge on any atom is -0.463 e. The number of carbonyl (C=O) groups is 1. The Hall–Kier alpha value is -1.14. The van der Waals surface area contributed by atoms with Gasteiger partial charge >= 0.3 is 5.97 Å². The zero-order valence-electron chi connectivity index (χ0n) is 8.56. The lowest BCUT2D eigenvalue weighted by molar-refractivity contribution is 0.0585. The summed E-state index contributed by atoms with van der Waals surface area (Å²) in [5.41, 5.74) is 0.700. The molecular weight excluding hydrogens is 216 g/mol. The van der Waals surface area contributed by atoms with E-state index in [1.807, 2.05) is 0 Å². The summed E-state index contributed by atoms with van der Waals surface area (Å²) in [5.74, 6) is 0.0411. The summed E-state index contributed by atoms with van der Waals surface area (Å²) in [6.45, 7) is 1.85. The van der Waals surface area contributed by atoms with Crippen LogP contribution < -0.4 is 0 Å². The van der Waals surface area contributed by atoms with E-state index in [0.717, 1.165) is 0 Å². The summed E-state index contributed by atoms with van der Waals surface area (Å²) in [7, 11) is 1.29. The fourth-order valence-electron chi connectivity index (χ4n) is 0.946. The standard InChI is InChI=1S/C9H12N2O3S/c1-6-5-7(15-4-3-12)11-8(10-6)9(13)14-2/h5,12H,3-4H2,1-2H3. The maximum atomic E-state index is 11.2. The molecule has 0 atom stereocenters. The first-order valence-corrected chi connectivity index (χ1v) is 5.33. The van der Waals surface area contributed by atoms with E-state index in [2.05, 4.69) is 14.7 Å². The summed E-state index contributed by atoms with van der Waals surface area (Å²) < 4.78 is 4.53. The van der Waals surface area contributed by atoms with Crippen LogP contribution in [-0.2, 0) is 4.74 Å². The van der Waals surface area contributed by atoms with E-state index in [-0.39, 0.29) is 12.4 Å². The highest BCUT2D eigenvalue weighted by Gasteiger charge is 2.11. The van der Waals surface area contributed by atoms with E-state index in [1.165, 1.54) is 18.9 Å². The summed E-state index contributed by atoms with van der Waals surface area (Å²) in [4.78, 5) is 19.1. The molecular formula is C9H12N2O3S. The van der Waals surface area contributed by atoms with Gasteiger partial charge in [0.15, 0.2) is 0 Å². The maximum absolute atomic E-state index is 11.2. The molecule has 0 aliphatic carbocycles. The van der Waals surface area contributed by atoms with Gasteiger partial charge in [0.05, 0.1) is 13.7 Å². The molecule has 1 aromatic heterocycles. The molecule has 0 radical (unpaired) electrons. The van der Waals surface area contributed by atoms with Gasteiger partial charge in [-0.05, 0) is 13.0 Å². The van der Waals surface area contributed by atoms with Crippen molar-refractivity contribution in [2.45, 2.75) is 11.9 Å². The minimum absolute atomic E-state index is 0.0536. The Morgan fingerprint density at radius 1 is 1.60 bits per heavy atom. The van der Waals surface area contributed by atoms with Gasteiger partial charge in [-0.15, -0.1) is 11.8 Å². The fraction of sp³-hybridized carbons (Fsp3) is 0.444. The molecule has 1 rings (SSSR count). The molecule has 0 aliphatic rings. The normalized spacial score (nSPS) is 10.1. The average molecular weight is 228 g/mol. The van der Waals surface area contributed by atoms with Crippen LogP contribution in [0.15, 0.2) is 11.1 Å². The van der Waals surface area contributed by atoms with Gasteiger partial charge in [0.25, 0.3) is 0 Å². The number of aliphatic hydroxyl groups is 1. The first-order chi connectivity index (χ1) is 7.17. The van der Waals surface area contributed by atoms with Crippen LogP contribution in [0.25, 0.3) is 0 Å². The summed E-state index contributed by atoms with van der Waals surface area (Å²) in [6.07, 6.45) is 0. The van der Waals surface area contributed by atoms with Crippen molar-refractivity contribution >= 4 is 17.7 Å². The third kappa shape index (κ3) is 3.49. The third-order valence-corrected chi connectivity index (χ3v) is 2.43. The molecule has 0 aromatic carbocycles. The Balaban J connectivity index is 2.89. The first kappa shape index (κ1) is 11.9. The molecule has 0 aliphatic heterocycles. The Labute approximate surface area is 91.9 Å². The number of methoxy groups -OCH3 is 1. The van der Waals surface area contributed by atoms with Crippen molar-refractivity contribution in [1.82, 2.24) is 9.97 Å². The van der Waals surface area contributed by atoms with E-state index >= 15 is 0 Å². The maximum Gasteiger partial charge on any atom is 0.376 e. The van der Waals surface area contributed by atoms with E-state index in [1.54, 1.807) is 13.0 Å². The van der Waals surface area contributed by atoms with Crippen LogP contribution in [0, 0.1) is 6.92 Å². The van der Waals surface area contributed by atoms with Crippen LogP contribution in [0.5, 0.6) is 0 Å². The first-order valence-electron chi connectivity index (χ1n) is 4.35. The molecule has 15 heavy (non-hydrogen) atoms. The van der Waals surface area contributed by atoms with Crippen molar-refractivity contribution in [1.29, 1.82) is 0 Å². The van der Waals surface area contributed by atoms with E-state index in [9.17, 15) is 4.79 Å². The highest BCUT2D eigenvalue weighted by molar-refractivity contribution is 7.99. The van der Waals surface area contributed by atoms with Crippen LogP contribution in [0.4, 0.5) is 0 Å². The van der Waals surface area contributed by atoms with Gasteiger partial charge in [-0.3, -0.25) is 0 Å². The van der Waals surface area contributed by atoms with Crippen molar-refractivity contribution < 1.29 is 14.6 Å². The minimum atomic E-state index is -0.551. The number of aryl methyl sites for hydroxylation is 1. The zero-order chi connectivity index (χ0) is 11.3. The van der Waals surface area contributed by atoms with Crippen LogP contribution in [0.1, 0.15) is 16.3 Å². The van der Waals surface area contributed by atoms with E-state index in [0.29, 0.717) is 16.5 Å². The van der Waals surface area contributed by atoms with Gasteiger partial charge < -0.3 is 9.84 Å². The molecule has 0 spiro atoms. The number of hydrogen-bond acceptors (Lipinski definition) is 6. The lowest BCUT2D eigenvalue weighted by atomic mass is 10.4. The fourth-order valence-corrected chi connectivity index (χ4v) is 1.65. The van der Waals surface area contributed by atoms with Crippen molar-refractivity contribution in [2.24, 2.45) is 0 Å². The molecule has 0 saturated carbocycles. The quantitative estimate of drug-likeness (QED) is 0.463. The predicted octanol–water partition coefficient (Wildman–Crippen LogP) is 0.656. The number of nitrogens with zero attached hydrogens (tertiary/aromatic N) is 2. The van der Waals surface area contributed by atoms with Crippen molar-refractivity contribution in [3.8, 4) is 0 Å². The van der Waals surface area contributed by atoms with Gasteiger partial charge in [-0.1, -0.05) is 0 Å². The molecule has 6 heteroatoms. The topological polar surface area (TPSA) is 72.3 Å². The second-order valence-corrected chi connectivity index (χ2v) is 3.85.